The molecule has 5 heterocycles. The lowest BCUT2D eigenvalue weighted by Gasteiger charge is -2.43. The fourth-order valence-electron chi connectivity index (χ4n) is 14.3. The van der Waals surface area contributed by atoms with Crippen LogP contribution in [0.5, 0.6) is 0 Å². The first-order valence-electron chi connectivity index (χ1n) is 39.1. The second-order valence-corrected chi connectivity index (χ2v) is 30.4. The summed E-state index contributed by atoms with van der Waals surface area (Å²) in [5, 5.41) is 153. The highest BCUT2D eigenvalue weighted by Crippen LogP contribution is 2.28. The monoisotopic (exact) mass is 1700 g/mol. The number of nitrogens with one attached hydrogen (secondary N) is 12. The van der Waals surface area contributed by atoms with Crippen molar-refractivity contribution in [3.05, 3.63) is 0 Å². The van der Waals surface area contributed by atoms with E-state index in [0.717, 1.165) is 54.2 Å². The summed E-state index contributed by atoms with van der Waals surface area (Å²) in [4.78, 5) is 237. The van der Waals surface area contributed by atoms with Crippen LogP contribution in [0.3, 0.4) is 0 Å². The molecule has 672 valence electrons. The molecule has 0 spiro atoms. The molecule has 0 aliphatic carbocycles. The van der Waals surface area contributed by atoms with Gasteiger partial charge >= 0.3 is 5.97 Å². The quantitative estimate of drug-likeness (QED) is 0.0270. The second-order valence-electron chi connectivity index (χ2n) is 30.4. The molecule has 5 saturated heterocycles. The minimum atomic E-state index is -2.21. The van der Waals surface area contributed by atoms with Crippen molar-refractivity contribution in [1.82, 2.24) is 83.4 Å². The van der Waals surface area contributed by atoms with Crippen molar-refractivity contribution in [1.29, 1.82) is 0 Å². The smallest absolute Gasteiger partial charge is 0.326 e. The molecule has 48 nitrogen and oxygen atoms in total. The van der Waals surface area contributed by atoms with Crippen LogP contribution in [0.25, 0.3) is 0 Å². The van der Waals surface area contributed by atoms with Gasteiger partial charge in [-0.05, 0) is 106 Å². The molecule has 0 unspecified atom stereocenters. The number of nitrogens with two attached hydrogens (primary N) is 1. The van der Waals surface area contributed by atoms with Crippen LogP contribution in [0.4, 0.5) is 0 Å². The minimum Gasteiger partial charge on any atom is -0.480 e. The third-order valence-electron chi connectivity index (χ3n) is 20.9. The van der Waals surface area contributed by atoms with Gasteiger partial charge in [-0.1, -0.05) is 13.8 Å². The highest BCUT2D eigenvalue weighted by Gasteiger charge is 2.50. The molecule has 5 rings (SSSR count). The van der Waals surface area contributed by atoms with Crippen LogP contribution in [0.15, 0.2) is 0 Å². The number of hydrogen-bond donors (Lipinski definition) is 25. The Labute approximate surface area is 683 Å². The molecule has 26 N–H and O–H groups in total. The maximum absolute atomic E-state index is 14.6. The first-order chi connectivity index (χ1) is 55.8. The van der Waals surface area contributed by atoms with Gasteiger partial charge in [0.1, 0.15) is 115 Å². The van der Waals surface area contributed by atoms with Gasteiger partial charge in [-0.25, -0.2) is 4.79 Å². The molecule has 119 heavy (non-hydrogen) atoms. The Morgan fingerprint density at radius 1 is 0.412 bits per heavy atom. The lowest BCUT2D eigenvalue weighted by atomic mass is 9.96. The van der Waals surface area contributed by atoms with Gasteiger partial charge in [0, 0.05) is 33.1 Å². The van der Waals surface area contributed by atoms with E-state index in [0.29, 0.717) is 6.42 Å². The largest absolute Gasteiger partial charge is 0.480 e. The number of nitrogens with zero attached hydrogens (tertiary/aromatic N) is 4. The SMILES string of the molecule is CC(=O)N[C@H]1[C@@H](O[C@H](C)[C@H](NC(=O)[C@@H](NC(=O)[C@H](CO)NC(=O)[C@@H](NC(=O)[C@@H](NC(=O)[C@@H]2CCCN2C(=O)[C@@H](NC(=O)[C@@H]2CCCN2C(=O)[C@H](CO)NC(=O)[C@@H]2CCCN2C(=O)[C@@H](NC(=O)[C@@H](NC(=O)CN)[C@@H](C)O)[C@@H](C)O)C(C)C)[C@@H](C)O)[C@@H](C)O)[C@@H](C)O)C(=O)N[C@@H](CO)C(=O)N[C@@H](C)C(=O)N2CCC[C@H]2C(=O)O)O[C@H](CO)[C@H](O)[C@@H]1O. The third-order valence-corrected chi connectivity index (χ3v) is 20.9. The molecule has 0 radical (unpaired) electrons. The van der Waals surface area contributed by atoms with Gasteiger partial charge in [0.05, 0.1) is 69.6 Å². The highest BCUT2D eigenvalue weighted by atomic mass is 16.7. The molecule has 16 amide bonds. The number of carboxylic acid groups (broad SMARTS) is 1. The first kappa shape index (κ1) is 100.0. The van der Waals surface area contributed by atoms with Crippen molar-refractivity contribution in [3.63, 3.8) is 0 Å². The predicted molar refractivity (Wildman–Crippen MR) is 403 cm³/mol. The normalized spacial score (nSPS) is 24.8. The van der Waals surface area contributed by atoms with E-state index in [1.807, 2.05) is 0 Å². The average molecular weight is 1700 g/mol. The van der Waals surface area contributed by atoms with Crippen LogP contribution in [-0.2, 0) is 91.0 Å². The zero-order chi connectivity index (χ0) is 89.6. The standard InChI is InChI=1S/C71H117N17O31/c1-28(2)46(79-59(105)41-16-11-19-85(41)67(113)39(26-91)77-58(104)40-15-12-21-87(40)69(115)51(34(8)97)83-62(108)47(30(4)93)78-45(99)23-72)68(114)86-20-13-17-42(86)60(106)81-50(33(7)96)63(109)82-48(31(5)94)61(107)75-38(25-90)57(103)80-49(32(6)95)64(110)84-52(35(9)118-71-53(74-36(10)98)55(101)54(100)44(27-92)119-71)65(111)76-37(24-89)56(102)73-29(3)66(112)88-22-14-18-43(88)70(116)117/h28-35,37-44,46-55,71,89-97,100-101H,11-27,72H2,1-10H3,(H,73,102)(H,74,98)(H,75,107)(H,76,111)(H,77,104)(H,78,99)(H,79,105)(H,80,103)(H,81,106)(H,82,109)(H,83,108)(H,84,110)(H,116,117)/t29-,30+,31+,32+,33+,34+,35+,37-,38-,39-,40-,41-,42-,43-,44+,46-,47-,48-,49-,50-,51-,52-,53+,54-,55+,71-/m0/s1. The number of aliphatic hydroxyl groups is 11. The van der Waals surface area contributed by atoms with E-state index in [9.17, 15) is 143 Å². The number of amides is 16. The molecule has 48 heteroatoms. The fraction of sp³-hybridized carbons (Fsp3) is 0.761. The number of ether oxygens (including phenoxy) is 2. The van der Waals surface area contributed by atoms with Gasteiger partial charge in [0.25, 0.3) is 0 Å². The van der Waals surface area contributed by atoms with E-state index in [4.69, 9.17) is 15.2 Å². The van der Waals surface area contributed by atoms with E-state index in [1.165, 1.54) is 20.8 Å². The number of carbonyl (C=O) groups is 17. The Kier molecular flexibility index (Phi) is 38.4. The van der Waals surface area contributed by atoms with Crippen molar-refractivity contribution >= 4 is 100 Å². The summed E-state index contributed by atoms with van der Waals surface area (Å²) >= 11 is 0. The zero-order valence-electron chi connectivity index (χ0n) is 67.6. The van der Waals surface area contributed by atoms with Gasteiger partial charge in [-0.3, -0.25) is 76.7 Å². The van der Waals surface area contributed by atoms with Crippen LogP contribution in [0, 0.1) is 5.92 Å². The van der Waals surface area contributed by atoms with Gasteiger partial charge in [-0.15, -0.1) is 0 Å². The summed E-state index contributed by atoms with van der Waals surface area (Å²) in [6.07, 6.45) is -16.7. The Morgan fingerprint density at radius 2 is 0.765 bits per heavy atom. The number of rotatable bonds is 41. The maximum atomic E-state index is 14.6. The molecule has 0 bridgehead atoms. The molecule has 26 atom stereocenters. The van der Waals surface area contributed by atoms with Crippen LogP contribution in [-0.4, -0.2) is 398 Å². The summed E-state index contributed by atoms with van der Waals surface area (Å²) < 4.78 is 11.5. The Hall–Kier alpha value is -9.57. The van der Waals surface area contributed by atoms with Crippen LogP contribution in [0.2, 0.25) is 0 Å². The van der Waals surface area contributed by atoms with Crippen LogP contribution < -0.4 is 69.5 Å². The number of aliphatic carboxylic acids is 1. The zero-order valence-corrected chi connectivity index (χ0v) is 67.6. The minimum absolute atomic E-state index is 0.0229. The van der Waals surface area contributed by atoms with Crippen LogP contribution in [0.1, 0.15) is 121 Å². The Bertz CT molecular complexity index is 3620. The Morgan fingerprint density at radius 3 is 1.18 bits per heavy atom. The van der Waals surface area contributed by atoms with Gasteiger partial charge < -0.3 is 160 Å². The van der Waals surface area contributed by atoms with Crippen LogP contribution >= 0.6 is 0 Å². The Balaban J connectivity index is 1.26. The molecule has 5 aliphatic rings. The lowest BCUT2D eigenvalue weighted by Crippen LogP contribution is -2.67. The van der Waals surface area contributed by atoms with E-state index in [1.54, 1.807) is 13.8 Å². The number of carboxylic acids is 1. The predicted octanol–water partition coefficient (Wildman–Crippen LogP) is -14.8. The van der Waals surface area contributed by atoms with Gasteiger partial charge in [0.15, 0.2) is 6.29 Å². The fourth-order valence-corrected chi connectivity index (χ4v) is 14.3. The van der Waals surface area contributed by atoms with Crippen molar-refractivity contribution in [2.75, 3.05) is 59.2 Å². The van der Waals surface area contributed by atoms with Crippen molar-refractivity contribution in [2.45, 2.75) is 278 Å². The lowest BCUT2D eigenvalue weighted by molar-refractivity contribution is -0.281. The van der Waals surface area contributed by atoms with Crippen molar-refractivity contribution in [2.24, 2.45) is 11.7 Å². The van der Waals surface area contributed by atoms with E-state index < -0.39 is 297 Å². The molecule has 5 fully saturated rings. The summed E-state index contributed by atoms with van der Waals surface area (Å²) in [5.41, 5.74) is 5.33. The summed E-state index contributed by atoms with van der Waals surface area (Å²) in [7, 11) is 0. The molecule has 0 aromatic rings. The molecule has 0 saturated carbocycles. The third kappa shape index (κ3) is 26.2. The van der Waals surface area contributed by atoms with Gasteiger partial charge in [-0.2, -0.15) is 0 Å². The highest BCUT2D eigenvalue weighted by molar-refractivity contribution is 6.01. The number of likely N-dealkylation sites (tertiary alicyclic amines) is 4. The maximum Gasteiger partial charge on any atom is 0.326 e. The van der Waals surface area contributed by atoms with E-state index >= 15 is 0 Å². The van der Waals surface area contributed by atoms with E-state index in [-0.39, 0.29) is 71.1 Å². The van der Waals surface area contributed by atoms with Gasteiger partial charge in [0.2, 0.25) is 94.5 Å². The second kappa shape index (κ2) is 45.7. The first-order valence-corrected chi connectivity index (χ1v) is 39.1. The number of aliphatic hydroxyl groups excluding tert-OH is 11. The number of hydrogen-bond acceptors (Lipinski definition) is 31. The molecular weight excluding hydrogens is 1590 g/mol. The molecular formula is C71H117N17O31. The molecule has 0 aromatic heterocycles. The molecule has 0 aromatic carbocycles. The average Bonchev–Trinajstić information content (AvgIpc) is 1.79. The summed E-state index contributed by atoms with van der Waals surface area (Å²) in [5.74, 6) is -19.5. The summed E-state index contributed by atoms with van der Waals surface area (Å²) in [6.45, 7) is 6.47. The summed E-state index contributed by atoms with van der Waals surface area (Å²) in [6, 6.07) is -27.4. The van der Waals surface area contributed by atoms with Crippen molar-refractivity contribution in [3.8, 4) is 0 Å². The topological polar surface area (TPSA) is 735 Å². The van der Waals surface area contributed by atoms with E-state index in [2.05, 4.69) is 63.8 Å². The van der Waals surface area contributed by atoms with Crippen molar-refractivity contribution < 1.29 is 152 Å². The number of carbonyl (C=O) groups excluding carboxylic acids is 16. The molecule has 5 aliphatic heterocycles.